The van der Waals surface area contributed by atoms with Crippen LogP contribution in [0.2, 0.25) is 0 Å². The molecule has 0 spiro atoms. The lowest BCUT2D eigenvalue weighted by Crippen LogP contribution is -2.40. The minimum absolute atomic E-state index is 0. The smallest absolute Gasteiger partial charge is 0.193 e. The van der Waals surface area contributed by atoms with E-state index in [1.807, 2.05) is 7.05 Å². The molecule has 0 saturated carbocycles. The van der Waals surface area contributed by atoms with Crippen LogP contribution in [0.4, 0.5) is 0 Å². The molecule has 5 nitrogen and oxygen atoms in total. The van der Waals surface area contributed by atoms with Crippen LogP contribution >= 0.6 is 24.0 Å². The highest BCUT2D eigenvalue weighted by molar-refractivity contribution is 14.0. The second kappa shape index (κ2) is 7.85. The van der Waals surface area contributed by atoms with E-state index in [1.54, 1.807) is 0 Å². The van der Waals surface area contributed by atoms with Crippen molar-refractivity contribution >= 4 is 29.9 Å². The van der Waals surface area contributed by atoms with Crippen LogP contribution in [0.15, 0.2) is 11.2 Å². The first-order chi connectivity index (χ1) is 10.6. The Hall–Kier alpha value is -0.790. The summed E-state index contributed by atoms with van der Waals surface area (Å²) in [6, 6.07) is 0. The highest BCUT2D eigenvalue weighted by Crippen LogP contribution is 2.32. The lowest BCUT2D eigenvalue weighted by molar-refractivity contribution is 0.322. The van der Waals surface area contributed by atoms with Gasteiger partial charge in [-0.05, 0) is 31.1 Å². The monoisotopic (exact) mass is 431 g/mol. The molecule has 6 heteroatoms. The van der Waals surface area contributed by atoms with Crippen molar-refractivity contribution < 1.29 is 0 Å². The third-order valence-corrected chi connectivity index (χ3v) is 5.31. The van der Waals surface area contributed by atoms with Gasteiger partial charge in [-0.25, -0.2) is 4.98 Å². The normalized spacial score (nSPS) is 24.3. The van der Waals surface area contributed by atoms with Crippen molar-refractivity contribution in [3.63, 3.8) is 0 Å². The van der Waals surface area contributed by atoms with Crippen LogP contribution in [0.5, 0.6) is 0 Å². The maximum absolute atomic E-state index is 4.76. The van der Waals surface area contributed by atoms with E-state index >= 15 is 0 Å². The number of imidazole rings is 1. The van der Waals surface area contributed by atoms with Crippen LogP contribution in [0.1, 0.15) is 51.0 Å². The van der Waals surface area contributed by atoms with Crippen molar-refractivity contribution in [2.75, 3.05) is 20.1 Å². The highest BCUT2D eigenvalue weighted by atomic mass is 127. The Labute approximate surface area is 157 Å². The summed E-state index contributed by atoms with van der Waals surface area (Å²) in [5.41, 5.74) is 1.57. The van der Waals surface area contributed by atoms with Crippen LogP contribution < -0.4 is 5.32 Å². The first-order valence-electron chi connectivity index (χ1n) is 8.64. The van der Waals surface area contributed by atoms with Gasteiger partial charge in [0.15, 0.2) is 5.96 Å². The second-order valence-electron chi connectivity index (χ2n) is 7.04. The summed E-state index contributed by atoms with van der Waals surface area (Å²) in [4.78, 5) is 11.6. The van der Waals surface area contributed by atoms with Gasteiger partial charge in [-0.1, -0.05) is 13.8 Å². The molecule has 1 saturated heterocycles. The summed E-state index contributed by atoms with van der Waals surface area (Å²) in [6.07, 6.45) is 8.36. The Bertz CT molecular complexity index is 530. The van der Waals surface area contributed by atoms with E-state index in [-0.39, 0.29) is 24.0 Å². The Kier molecular flexibility index (Phi) is 6.33. The van der Waals surface area contributed by atoms with Crippen LogP contribution in [0.25, 0.3) is 0 Å². The molecule has 0 aliphatic carbocycles. The van der Waals surface area contributed by atoms with Crippen LogP contribution in [0.3, 0.4) is 0 Å². The summed E-state index contributed by atoms with van der Waals surface area (Å²) in [7, 11) is 1.88. The first-order valence-corrected chi connectivity index (χ1v) is 8.64. The number of hydrogen-bond acceptors (Lipinski definition) is 2. The fourth-order valence-corrected chi connectivity index (χ4v) is 3.55. The standard InChI is InChI=1S/C17H29N5.HI/c1-4-17(2)8-10-22(13-17)16(18-3)19-11-14-12-21-9-6-5-7-15(21)20-14;/h12H,4-11,13H2,1-3H3,(H,18,19);1H. The number of aryl methyl sites for hydroxylation is 2. The van der Waals surface area contributed by atoms with Crippen molar-refractivity contribution in [2.24, 2.45) is 10.4 Å². The van der Waals surface area contributed by atoms with Gasteiger partial charge in [0.25, 0.3) is 0 Å². The van der Waals surface area contributed by atoms with E-state index in [4.69, 9.17) is 4.98 Å². The van der Waals surface area contributed by atoms with Crippen LogP contribution in [0, 0.1) is 5.41 Å². The van der Waals surface area contributed by atoms with Gasteiger partial charge in [0.1, 0.15) is 5.82 Å². The van der Waals surface area contributed by atoms with Gasteiger partial charge in [-0.2, -0.15) is 0 Å². The number of guanidine groups is 1. The van der Waals surface area contributed by atoms with Gasteiger partial charge >= 0.3 is 0 Å². The highest BCUT2D eigenvalue weighted by Gasteiger charge is 2.33. The number of nitrogens with zero attached hydrogens (tertiary/aromatic N) is 4. The van der Waals surface area contributed by atoms with E-state index in [1.165, 1.54) is 31.5 Å². The van der Waals surface area contributed by atoms with Crippen molar-refractivity contribution in [1.29, 1.82) is 0 Å². The summed E-state index contributed by atoms with van der Waals surface area (Å²) in [5.74, 6) is 2.26. The molecule has 2 aliphatic rings. The average molecular weight is 431 g/mol. The van der Waals surface area contributed by atoms with E-state index in [0.717, 1.165) is 44.3 Å². The molecule has 0 radical (unpaired) electrons. The maximum atomic E-state index is 4.76. The van der Waals surface area contributed by atoms with E-state index in [0.29, 0.717) is 5.41 Å². The average Bonchev–Trinajstić information content (AvgIpc) is 3.12. The topological polar surface area (TPSA) is 45.5 Å². The molecule has 130 valence electrons. The zero-order valence-corrected chi connectivity index (χ0v) is 17.0. The molecule has 1 aromatic rings. The number of rotatable bonds is 3. The predicted molar refractivity (Wildman–Crippen MR) is 105 cm³/mol. The van der Waals surface area contributed by atoms with Crippen molar-refractivity contribution in [3.8, 4) is 0 Å². The minimum atomic E-state index is 0. The van der Waals surface area contributed by atoms with Crippen LogP contribution in [-0.4, -0.2) is 40.5 Å². The predicted octanol–water partition coefficient (Wildman–Crippen LogP) is 3.03. The maximum Gasteiger partial charge on any atom is 0.193 e. The number of nitrogens with one attached hydrogen (secondary N) is 1. The molecule has 0 aromatic carbocycles. The number of hydrogen-bond donors (Lipinski definition) is 1. The van der Waals surface area contributed by atoms with Gasteiger partial charge in [0.2, 0.25) is 0 Å². The second-order valence-corrected chi connectivity index (χ2v) is 7.04. The summed E-state index contributed by atoms with van der Waals surface area (Å²) in [6.45, 7) is 8.76. The molecule has 3 heterocycles. The molecule has 0 amide bonds. The summed E-state index contributed by atoms with van der Waals surface area (Å²) >= 11 is 0. The third-order valence-electron chi connectivity index (χ3n) is 5.31. The molecule has 23 heavy (non-hydrogen) atoms. The zero-order chi connectivity index (χ0) is 15.6. The van der Waals surface area contributed by atoms with E-state index in [2.05, 4.69) is 39.8 Å². The first kappa shape index (κ1) is 18.5. The Balaban J connectivity index is 0.00000192. The number of aromatic nitrogens is 2. The molecule has 3 rings (SSSR count). The Morgan fingerprint density at radius 3 is 2.87 bits per heavy atom. The molecular weight excluding hydrogens is 401 g/mol. The van der Waals surface area contributed by atoms with Gasteiger partial charge in [-0.15, -0.1) is 24.0 Å². The summed E-state index contributed by atoms with van der Waals surface area (Å²) in [5, 5.41) is 3.50. The SMILES string of the molecule is CCC1(C)CCN(C(=NC)NCc2cn3c(n2)CCCC3)C1.I. The summed E-state index contributed by atoms with van der Waals surface area (Å²) < 4.78 is 2.31. The molecule has 1 aromatic heterocycles. The quantitative estimate of drug-likeness (QED) is 0.455. The lowest BCUT2D eigenvalue weighted by atomic mass is 9.87. The van der Waals surface area contributed by atoms with E-state index < -0.39 is 0 Å². The van der Waals surface area contributed by atoms with Gasteiger partial charge < -0.3 is 14.8 Å². The van der Waals surface area contributed by atoms with Gasteiger partial charge in [0.05, 0.1) is 12.2 Å². The van der Waals surface area contributed by atoms with Crippen molar-refractivity contribution in [1.82, 2.24) is 19.8 Å². The Morgan fingerprint density at radius 2 is 2.22 bits per heavy atom. The number of aliphatic imine (C=N–C) groups is 1. The molecule has 2 aliphatic heterocycles. The van der Waals surface area contributed by atoms with Crippen molar-refractivity contribution in [2.45, 2.75) is 59.0 Å². The molecule has 1 atom stereocenters. The third kappa shape index (κ3) is 4.19. The number of halogens is 1. The number of fused-ring (bicyclic) bond motifs is 1. The Morgan fingerprint density at radius 1 is 1.39 bits per heavy atom. The molecule has 1 unspecified atom stereocenters. The fraction of sp³-hybridized carbons (Fsp3) is 0.765. The fourth-order valence-electron chi connectivity index (χ4n) is 3.55. The molecule has 1 N–H and O–H groups in total. The largest absolute Gasteiger partial charge is 0.351 e. The number of likely N-dealkylation sites (tertiary alicyclic amines) is 1. The van der Waals surface area contributed by atoms with Gasteiger partial charge in [0, 0.05) is 39.3 Å². The van der Waals surface area contributed by atoms with Crippen LogP contribution in [-0.2, 0) is 19.5 Å². The molecule has 0 bridgehead atoms. The van der Waals surface area contributed by atoms with Gasteiger partial charge in [-0.3, -0.25) is 4.99 Å². The molecule has 1 fully saturated rings. The molecular formula is C17H30IN5. The van der Waals surface area contributed by atoms with Crippen molar-refractivity contribution in [3.05, 3.63) is 17.7 Å². The zero-order valence-electron chi connectivity index (χ0n) is 14.6. The minimum Gasteiger partial charge on any atom is -0.351 e. The lowest BCUT2D eigenvalue weighted by Gasteiger charge is -2.25. The van der Waals surface area contributed by atoms with E-state index in [9.17, 15) is 0 Å².